The van der Waals surface area contributed by atoms with Crippen molar-refractivity contribution in [3.05, 3.63) is 77.4 Å². The molecular formula is C24H27N3O4. The van der Waals surface area contributed by atoms with Crippen molar-refractivity contribution in [2.45, 2.75) is 26.9 Å². The number of nitrogens with zero attached hydrogens (tertiary/aromatic N) is 2. The van der Waals surface area contributed by atoms with E-state index in [1.54, 1.807) is 17.6 Å². The van der Waals surface area contributed by atoms with Gasteiger partial charge in [-0.25, -0.2) is 10.3 Å². The number of carboxylic acid groups (broad SMARTS) is 1. The first-order valence-corrected chi connectivity index (χ1v) is 10.2. The molecule has 0 atom stereocenters. The van der Waals surface area contributed by atoms with Crippen LogP contribution in [-0.4, -0.2) is 40.3 Å². The molecule has 7 nitrogen and oxygen atoms in total. The molecule has 0 bridgehead atoms. The Bertz CT molecular complexity index is 1060. The summed E-state index contributed by atoms with van der Waals surface area (Å²) >= 11 is 0. The van der Waals surface area contributed by atoms with Crippen LogP contribution in [0.15, 0.2) is 60.7 Å². The summed E-state index contributed by atoms with van der Waals surface area (Å²) in [5, 5.41) is 20.6. The Hall–Kier alpha value is -3.42. The fraction of sp³-hybridized carbons (Fsp3) is 0.250. The second kappa shape index (κ2) is 10.1. The Morgan fingerprint density at radius 1 is 0.839 bits per heavy atom. The maximum absolute atomic E-state index is 11.8. The molecule has 7 heteroatoms. The van der Waals surface area contributed by atoms with Gasteiger partial charge in [-0.05, 0) is 71.4 Å². The lowest BCUT2D eigenvalue weighted by molar-refractivity contribution is 0.0706. The molecule has 0 saturated carbocycles. The summed E-state index contributed by atoms with van der Waals surface area (Å²) in [7, 11) is 0. The molecule has 31 heavy (non-hydrogen) atoms. The molecule has 0 aromatic heterocycles. The van der Waals surface area contributed by atoms with E-state index in [9.17, 15) is 14.7 Å². The number of hydrogen-bond acceptors (Lipinski definition) is 4. The number of hydrogen-bond donors (Lipinski definition) is 3. The number of amides is 2. The second-order valence-corrected chi connectivity index (χ2v) is 7.33. The van der Waals surface area contributed by atoms with E-state index in [4.69, 9.17) is 5.21 Å². The van der Waals surface area contributed by atoms with Crippen LogP contribution in [0.5, 0.6) is 0 Å². The lowest BCUT2D eigenvalue weighted by Gasteiger charge is -2.20. The zero-order valence-electron chi connectivity index (χ0n) is 17.7. The highest BCUT2D eigenvalue weighted by Crippen LogP contribution is 2.23. The van der Waals surface area contributed by atoms with E-state index >= 15 is 0 Å². The van der Waals surface area contributed by atoms with E-state index in [0.29, 0.717) is 5.69 Å². The van der Waals surface area contributed by atoms with Crippen molar-refractivity contribution in [2.75, 3.05) is 18.0 Å². The number of rotatable bonds is 8. The third kappa shape index (κ3) is 5.39. The van der Waals surface area contributed by atoms with Crippen LogP contribution >= 0.6 is 0 Å². The van der Waals surface area contributed by atoms with Gasteiger partial charge in [0.1, 0.15) is 0 Å². The van der Waals surface area contributed by atoms with E-state index in [1.165, 1.54) is 22.6 Å². The monoisotopic (exact) mass is 421 g/mol. The molecule has 3 aromatic carbocycles. The van der Waals surface area contributed by atoms with E-state index in [1.807, 2.05) is 18.2 Å². The van der Waals surface area contributed by atoms with E-state index in [2.05, 4.69) is 36.9 Å². The second-order valence-electron chi connectivity index (χ2n) is 7.33. The van der Waals surface area contributed by atoms with Gasteiger partial charge in [0.2, 0.25) is 0 Å². The van der Waals surface area contributed by atoms with Gasteiger partial charge in [-0.1, -0.05) is 38.1 Å². The molecule has 0 aliphatic heterocycles. The fourth-order valence-electron chi connectivity index (χ4n) is 3.56. The molecule has 0 heterocycles. The minimum atomic E-state index is -1.09. The van der Waals surface area contributed by atoms with Crippen LogP contribution in [0.25, 0.3) is 10.8 Å². The normalized spacial score (nSPS) is 11.0. The molecule has 0 fully saturated rings. The molecule has 0 unspecified atom stereocenters. The Morgan fingerprint density at radius 3 is 1.87 bits per heavy atom. The topological polar surface area (TPSA) is 93.1 Å². The number of fused-ring (bicyclic) bond motifs is 1. The third-order valence-electron chi connectivity index (χ3n) is 5.38. The molecule has 2 amide bonds. The summed E-state index contributed by atoms with van der Waals surface area (Å²) in [5.41, 5.74) is 4.36. The van der Waals surface area contributed by atoms with Gasteiger partial charge in [0, 0.05) is 17.8 Å². The Balaban J connectivity index is 1.81. The van der Waals surface area contributed by atoms with Crippen LogP contribution in [0.2, 0.25) is 0 Å². The number of carbonyl (C=O) groups excluding carboxylic acids is 1. The molecule has 0 saturated heterocycles. The largest absolute Gasteiger partial charge is 0.465 e. The zero-order valence-corrected chi connectivity index (χ0v) is 17.7. The van der Waals surface area contributed by atoms with Crippen molar-refractivity contribution in [3.63, 3.8) is 0 Å². The Morgan fingerprint density at radius 2 is 1.39 bits per heavy atom. The number of anilines is 1. The average molecular weight is 421 g/mol. The molecule has 0 aliphatic carbocycles. The summed E-state index contributed by atoms with van der Waals surface area (Å²) in [6, 6.07) is 18.3. The van der Waals surface area contributed by atoms with Crippen LogP contribution in [0.3, 0.4) is 0 Å². The van der Waals surface area contributed by atoms with Crippen molar-refractivity contribution in [1.29, 1.82) is 0 Å². The molecule has 3 N–H and O–H groups in total. The summed E-state index contributed by atoms with van der Waals surface area (Å²) in [6.45, 7) is 7.40. The van der Waals surface area contributed by atoms with Gasteiger partial charge in [0.15, 0.2) is 0 Å². The molecular weight excluding hydrogens is 394 g/mol. The summed E-state index contributed by atoms with van der Waals surface area (Å²) in [5.74, 6) is -0.650. The van der Waals surface area contributed by atoms with Crippen LogP contribution in [0.4, 0.5) is 10.5 Å². The number of nitrogens with one attached hydrogen (secondary N) is 1. The van der Waals surface area contributed by atoms with Crippen LogP contribution < -0.4 is 10.4 Å². The van der Waals surface area contributed by atoms with Crippen molar-refractivity contribution in [2.24, 2.45) is 0 Å². The van der Waals surface area contributed by atoms with Gasteiger partial charge in [-0.3, -0.25) is 19.8 Å². The highest BCUT2D eigenvalue weighted by molar-refractivity contribution is 5.94. The average Bonchev–Trinajstić information content (AvgIpc) is 2.80. The molecule has 0 spiro atoms. The smallest absolute Gasteiger partial charge is 0.412 e. The van der Waals surface area contributed by atoms with Crippen LogP contribution in [0, 0.1) is 0 Å². The van der Waals surface area contributed by atoms with Crippen molar-refractivity contribution in [3.8, 4) is 0 Å². The van der Waals surface area contributed by atoms with Crippen molar-refractivity contribution in [1.82, 2.24) is 10.4 Å². The molecule has 0 radical (unpaired) electrons. The summed E-state index contributed by atoms with van der Waals surface area (Å²) in [4.78, 5) is 26.9. The SMILES string of the molecule is CCN(CC)Cc1ccc2cc(CN(C(=O)O)c3ccc(C(=O)NO)cc3)ccc2c1. The van der Waals surface area contributed by atoms with Gasteiger partial charge in [-0.15, -0.1) is 0 Å². The first-order chi connectivity index (χ1) is 14.9. The van der Waals surface area contributed by atoms with E-state index in [-0.39, 0.29) is 12.1 Å². The molecule has 0 aliphatic rings. The van der Waals surface area contributed by atoms with Gasteiger partial charge < -0.3 is 5.11 Å². The minimum absolute atomic E-state index is 0.179. The molecule has 3 aromatic rings. The van der Waals surface area contributed by atoms with Gasteiger partial charge in [0.05, 0.1) is 6.54 Å². The number of carbonyl (C=O) groups is 2. The van der Waals surface area contributed by atoms with Crippen molar-refractivity contribution >= 4 is 28.5 Å². The Kier molecular flexibility index (Phi) is 7.23. The number of hydroxylamine groups is 1. The molecule has 162 valence electrons. The molecule has 3 rings (SSSR count). The quantitative estimate of drug-likeness (QED) is 0.368. The van der Waals surface area contributed by atoms with Gasteiger partial charge in [0.25, 0.3) is 5.91 Å². The van der Waals surface area contributed by atoms with E-state index in [0.717, 1.165) is 36.0 Å². The zero-order chi connectivity index (χ0) is 22.4. The van der Waals surface area contributed by atoms with Crippen molar-refractivity contribution < 1.29 is 19.9 Å². The highest BCUT2D eigenvalue weighted by atomic mass is 16.5. The predicted octanol–water partition coefficient (Wildman–Crippen LogP) is 4.49. The van der Waals surface area contributed by atoms with Crippen LogP contribution in [0.1, 0.15) is 35.3 Å². The predicted molar refractivity (Wildman–Crippen MR) is 120 cm³/mol. The lowest BCUT2D eigenvalue weighted by atomic mass is 10.0. The maximum atomic E-state index is 11.8. The minimum Gasteiger partial charge on any atom is -0.465 e. The fourth-order valence-corrected chi connectivity index (χ4v) is 3.56. The standard InChI is InChI=1S/C24H27N3O4/c1-3-26(4-2)15-17-5-7-21-14-18(6-8-20(21)13-17)16-27(24(29)30)22-11-9-19(10-12-22)23(28)25-31/h5-14,31H,3-4,15-16H2,1-2H3,(H,25,28)(H,29,30). The first-order valence-electron chi connectivity index (χ1n) is 10.2. The highest BCUT2D eigenvalue weighted by Gasteiger charge is 2.16. The third-order valence-corrected chi connectivity index (χ3v) is 5.38. The summed E-state index contributed by atoms with van der Waals surface area (Å²) in [6.07, 6.45) is -1.09. The first kappa shape index (κ1) is 22.3. The maximum Gasteiger partial charge on any atom is 0.412 e. The van der Waals surface area contributed by atoms with Gasteiger partial charge >= 0.3 is 6.09 Å². The van der Waals surface area contributed by atoms with Crippen LogP contribution in [-0.2, 0) is 13.1 Å². The Labute approximate surface area is 181 Å². The lowest BCUT2D eigenvalue weighted by Crippen LogP contribution is -2.28. The number of benzene rings is 3. The summed E-state index contributed by atoms with van der Waals surface area (Å²) < 4.78 is 0. The van der Waals surface area contributed by atoms with E-state index < -0.39 is 12.0 Å². The van der Waals surface area contributed by atoms with Gasteiger partial charge in [-0.2, -0.15) is 0 Å².